The minimum atomic E-state index is -0.113. The van der Waals surface area contributed by atoms with Gasteiger partial charge in [-0.25, -0.2) is 4.98 Å². The number of carbonyl (C=O) groups is 1. The van der Waals surface area contributed by atoms with Crippen molar-refractivity contribution in [1.82, 2.24) is 10.3 Å². The molecule has 1 unspecified atom stereocenters. The van der Waals surface area contributed by atoms with Gasteiger partial charge in [-0.05, 0) is 36.2 Å². The molecule has 2 aromatic heterocycles. The third kappa shape index (κ3) is 2.88. The van der Waals surface area contributed by atoms with E-state index in [0.29, 0.717) is 5.69 Å². The van der Waals surface area contributed by atoms with Gasteiger partial charge in [0.05, 0.1) is 10.6 Å². The zero-order valence-corrected chi connectivity index (χ0v) is 13.5. The van der Waals surface area contributed by atoms with Crippen LogP contribution in [0.5, 0.6) is 0 Å². The first-order chi connectivity index (χ1) is 10.7. The third-order valence-electron chi connectivity index (χ3n) is 3.72. The first kappa shape index (κ1) is 14.7. The molecule has 0 saturated heterocycles. The molecule has 3 nitrogen and oxygen atoms in total. The number of pyridine rings is 1. The molecule has 4 heteroatoms. The summed E-state index contributed by atoms with van der Waals surface area (Å²) in [7, 11) is 0. The highest BCUT2D eigenvalue weighted by Gasteiger charge is 2.15. The van der Waals surface area contributed by atoms with Crippen molar-refractivity contribution in [3.8, 4) is 10.6 Å². The van der Waals surface area contributed by atoms with Gasteiger partial charge >= 0.3 is 0 Å². The smallest absolute Gasteiger partial charge is 0.270 e. The Morgan fingerprint density at radius 1 is 1.27 bits per heavy atom. The van der Waals surface area contributed by atoms with Crippen molar-refractivity contribution in [1.29, 1.82) is 0 Å². The van der Waals surface area contributed by atoms with Gasteiger partial charge in [0, 0.05) is 11.4 Å². The Morgan fingerprint density at radius 3 is 2.82 bits per heavy atom. The number of hydrogen-bond acceptors (Lipinski definition) is 3. The van der Waals surface area contributed by atoms with Crippen LogP contribution < -0.4 is 5.32 Å². The summed E-state index contributed by atoms with van der Waals surface area (Å²) in [5.74, 6) is -0.113. The van der Waals surface area contributed by atoms with E-state index < -0.39 is 0 Å². The first-order valence-corrected chi connectivity index (χ1v) is 8.31. The molecule has 0 radical (unpaired) electrons. The van der Waals surface area contributed by atoms with Crippen molar-refractivity contribution in [2.24, 2.45) is 0 Å². The number of aromatic nitrogens is 1. The normalized spacial score (nSPS) is 12.3. The van der Waals surface area contributed by atoms with Crippen molar-refractivity contribution < 1.29 is 4.79 Å². The Labute approximate surface area is 134 Å². The number of nitrogens with one attached hydrogen (secondary N) is 1. The summed E-state index contributed by atoms with van der Waals surface area (Å²) >= 11 is 1.64. The summed E-state index contributed by atoms with van der Waals surface area (Å²) in [5.41, 5.74) is 1.35. The minimum absolute atomic E-state index is 0.113. The lowest BCUT2D eigenvalue weighted by Gasteiger charge is -2.12. The van der Waals surface area contributed by atoms with E-state index in [1.807, 2.05) is 54.8 Å². The summed E-state index contributed by atoms with van der Waals surface area (Å²) in [6.45, 7) is 4.05. The highest BCUT2D eigenvalue weighted by atomic mass is 32.1. The maximum atomic E-state index is 12.4. The average Bonchev–Trinajstić information content (AvgIpc) is 3.07. The number of benzene rings is 1. The highest BCUT2D eigenvalue weighted by Crippen LogP contribution is 2.30. The maximum Gasteiger partial charge on any atom is 0.270 e. The van der Waals surface area contributed by atoms with E-state index in [0.717, 1.165) is 27.8 Å². The van der Waals surface area contributed by atoms with Crippen LogP contribution >= 0.6 is 11.3 Å². The van der Waals surface area contributed by atoms with Crippen LogP contribution in [-0.2, 0) is 0 Å². The monoisotopic (exact) mass is 310 g/mol. The van der Waals surface area contributed by atoms with E-state index in [2.05, 4.69) is 17.2 Å². The molecule has 0 spiro atoms. The van der Waals surface area contributed by atoms with Gasteiger partial charge in [-0.1, -0.05) is 37.3 Å². The number of nitrogens with zero attached hydrogens (tertiary/aromatic N) is 1. The van der Waals surface area contributed by atoms with E-state index in [4.69, 9.17) is 0 Å². The molecule has 3 aromatic rings. The molecule has 1 N–H and O–H groups in total. The van der Waals surface area contributed by atoms with Crippen LogP contribution in [0.15, 0.2) is 47.8 Å². The molecule has 1 aromatic carbocycles. The van der Waals surface area contributed by atoms with Gasteiger partial charge in [-0.2, -0.15) is 0 Å². The van der Waals surface area contributed by atoms with Gasteiger partial charge in [0.1, 0.15) is 5.69 Å². The van der Waals surface area contributed by atoms with E-state index in [1.165, 1.54) is 0 Å². The number of thiophene rings is 1. The topological polar surface area (TPSA) is 42.0 Å². The number of fused-ring (bicyclic) bond motifs is 1. The predicted octanol–water partition coefficient (Wildman–Crippen LogP) is 4.49. The van der Waals surface area contributed by atoms with Gasteiger partial charge in [-0.15, -0.1) is 11.3 Å². The fraction of sp³-hybridized carbons (Fsp3) is 0.222. The first-order valence-electron chi connectivity index (χ1n) is 7.43. The second-order valence-electron chi connectivity index (χ2n) is 5.34. The Kier molecular flexibility index (Phi) is 4.20. The van der Waals surface area contributed by atoms with Crippen molar-refractivity contribution in [2.45, 2.75) is 26.3 Å². The van der Waals surface area contributed by atoms with E-state index in [-0.39, 0.29) is 11.9 Å². The summed E-state index contributed by atoms with van der Waals surface area (Å²) in [6, 6.07) is 14.1. The van der Waals surface area contributed by atoms with E-state index >= 15 is 0 Å². The summed E-state index contributed by atoms with van der Waals surface area (Å²) in [6.07, 6.45) is 0.900. The van der Waals surface area contributed by atoms with Crippen molar-refractivity contribution in [3.05, 3.63) is 53.5 Å². The van der Waals surface area contributed by atoms with Gasteiger partial charge in [0.2, 0.25) is 0 Å². The largest absolute Gasteiger partial charge is 0.348 e. The molecule has 1 amide bonds. The molecule has 0 fully saturated rings. The van der Waals surface area contributed by atoms with Gasteiger partial charge < -0.3 is 5.32 Å². The maximum absolute atomic E-state index is 12.4. The van der Waals surface area contributed by atoms with Crippen LogP contribution in [0.2, 0.25) is 0 Å². The fourth-order valence-corrected chi connectivity index (χ4v) is 3.04. The summed E-state index contributed by atoms with van der Waals surface area (Å²) in [5, 5.41) is 7.12. The second kappa shape index (κ2) is 6.28. The van der Waals surface area contributed by atoms with Crippen LogP contribution in [0.25, 0.3) is 21.3 Å². The van der Waals surface area contributed by atoms with Crippen molar-refractivity contribution in [2.75, 3.05) is 0 Å². The van der Waals surface area contributed by atoms with Crippen LogP contribution in [0, 0.1) is 0 Å². The Morgan fingerprint density at radius 2 is 2.09 bits per heavy atom. The Hall–Kier alpha value is -2.20. The molecular weight excluding hydrogens is 292 g/mol. The standard InChI is InChI=1S/C18H18N2OS/c1-3-12(2)19-18(21)15-11-13-7-4-5-8-14(13)17(20-15)16-9-6-10-22-16/h4-12H,3H2,1-2H3,(H,19,21). The van der Waals surface area contributed by atoms with Crippen LogP contribution in [-0.4, -0.2) is 16.9 Å². The zero-order chi connectivity index (χ0) is 15.5. The molecule has 0 bridgehead atoms. The predicted molar refractivity (Wildman–Crippen MR) is 92.3 cm³/mol. The highest BCUT2D eigenvalue weighted by molar-refractivity contribution is 7.13. The average molecular weight is 310 g/mol. The van der Waals surface area contributed by atoms with E-state index in [1.54, 1.807) is 11.3 Å². The lowest BCUT2D eigenvalue weighted by atomic mass is 10.1. The van der Waals surface area contributed by atoms with Gasteiger partial charge in [0.15, 0.2) is 0 Å². The lowest BCUT2D eigenvalue weighted by molar-refractivity contribution is 0.0934. The summed E-state index contributed by atoms with van der Waals surface area (Å²) in [4.78, 5) is 18.1. The number of hydrogen-bond donors (Lipinski definition) is 1. The van der Waals surface area contributed by atoms with Crippen LogP contribution in [0.3, 0.4) is 0 Å². The number of rotatable bonds is 4. The van der Waals surface area contributed by atoms with Crippen molar-refractivity contribution in [3.63, 3.8) is 0 Å². The Balaban J connectivity index is 2.11. The molecule has 0 aliphatic rings. The molecule has 112 valence electrons. The Bertz CT molecular complexity index is 796. The molecule has 0 saturated carbocycles. The minimum Gasteiger partial charge on any atom is -0.348 e. The van der Waals surface area contributed by atoms with Crippen LogP contribution in [0.4, 0.5) is 0 Å². The second-order valence-corrected chi connectivity index (χ2v) is 6.28. The van der Waals surface area contributed by atoms with Crippen LogP contribution in [0.1, 0.15) is 30.8 Å². The molecular formula is C18H18N2OS. The van der Waals surface area contributed by atoms with E-state index in [9.17, 15) is 4.79 Å². The van der Waals surface area contributed by atoms with Crippen molar-refractivity contribution >= 4 is 28.0 Å². The number of carbonyl (C=O) groups excluding carboxylic acids is 1. The SMILES string of the molecule is CCC(C)NC(=O)c1cc2ccccc2c(-c2cccs2)n1. The molecule has 0 aliphatic carbocycles. The number of amides is 1. The summed E-state index contributed by atoms with van der Waals surface area (Å²) < 4.78 is 0. The molecule has 3 rings (SSSR count). The zero-order valence-electron chi connectivity index (χ0n) is 12.7. The third-order valence-corrected chi connectivity index (χ3v) is 4.59. The molecule has 2 heterocycles. The molecule has 0 aliphatic heterocycles. The fourth-order valence-electron chi connectivity index (χ4n) is 2.32. The van der Waals surface area contributed by atoms with Gasteiger partial charge in [-0.3, -0.25) is 4.79 Å². The molecule has 1 atom stereocenters. The quantitative estimate of drug-likeness (QED) is 0.771. The lowest BCUT2D eigenvalue weighted by Crippen LogP contribution is -2.32. The van der Waals surface area contributed by atoms with Gasteiger partial charge in [0.25, 0.3) is 5.91 Å². The molecule has 22 heavy (non-hydrogen) atoms.